The molecule has 7 heteroatoms. The molecule has 0 aliphatic heterocycles. The molecule has 31 heavy (non-hydrogen) atoms. The summed E-state index contributed by atoms with van der Waals surface area (Å²) in [5, 5.41) is 12.1. The van der Waals surface area contributed by atoms with Crippen LogP contribution < -0.4 is 4.52 Å². The maximum absolute atomic E-state index is 12.1. The van der Waals surface area contributed by atoms with Gasteiger partial charge in [0.05, 0.1) is 5.56 Å². The Balaban J connectivity index is 1.37. The van der Waals surface area contributed by atoms with Crippen LogP contribution in [0.4, 0.5) is 0 Å². The van der Waals surface area contributed by atoms with Gasteiger partial charge in [-0.2, -0.15) is 4.52 Å². The molecule has 0 saturated heterocycles. The zero-order chi connectivity index (χ0) is 21.0. The lowest BCUT2D eigenvalue weighted by Crippen LogP contribution is -1.95. The SMILES string of the molecule is O=[P+](OCCc1ccccc1)Oc1nnc(-c2c3ccccc3cc3ccccc23)o1. The minimum atomic E-state index is -2.42. The first-order valence-corrected chi connectivity index (χ1v) is 10.9. The summed E-state index contributed by atoms with van der Waals surface area (Å²) in [7, 11) is -2.42. The Labute approximate surface area is 179 Å². The van der Waals surface area contributed by atoms with Crippen LogP contribution in [-0.4, -0.2) is 16.8 Å². The van der Waals surface area contributed by atoms with E-state index in [1.807, 2.05) is 78.9 Å². The van der Waals surface area contributed by atoms with Crippen molar-refractivity contribution < 1.29 is 18.0 Å². The van der Waals surface area contributed by atoms with Crippen LogP contribution in [0.1, 0.15) is 5.56 Å². The zero-order valence-corrected chi connectivity index (χ0v) is 17.4. The lowest BCUT2D eigenvalue weighted by atomic mass is 9.97. The van der Waals surface area contributed by atoms with Crippen molar-refractivity contribution in [1.82, 2.24) is 10.2 Å². The summed E-state index contributed by atoms with van der Waals surface area (Å²) in [4.78, 5) is 0. The number of hydrogen-bond acceptors (Lipinski definition) is 6. The van der Waals surface area contributed by atoms with Gasteiger partial charge in [0.2, 0.25) is 0 Å². The fourth-order valence-corrected chi connectivity index (χ4v) is 4.06. The molecule has 0 aliphatic carbocycles. The van der Waals surface area contributed by atoms with Crippen molar-refractivity contribution in [3.63, 3.8) is 0 Å². The highest BCUT2D eigenvalue weighted by Gasteiger charge is 2.27. The Bertz CT molecular complexity index is 1310. The van der Waals surface area contributed by atoms with E-state index in [-0.39, 0.29) is 12.7 Å². The third-order valence-electron chi connectivity index (χ3n) is 4.97. The van der Waals surface area contributed by atoms with Crippen molar-refractivity contribution in [3.8, 4) is 17.5 Å². The van der Waals surface area contributed by atoms with E-state index in [1.54, 1.807) is 0 Å². The van der Waals surface area contributed by atoms with Crippen LogP contribution in [0.25, 0.3) is 33.0 Å². The number of aromatic nitrogens is 2. The molecule has 0 amide bonds. The maximum Gasteiger partial charge on any atom is 0.755 e. The molecule has 4 aromatic carbocycles. The quantitative estimate of drug-likeness (QED) is 0.222. The molecule has 1 unspecified atom stereocenters. The minimum absolute atomic E-state index is 0.187. The Morgan fingerprint density at radius 1 is 0.806 bits per heavy atom. The summed E-state index contributed by atoms with van der Waals surface area (Å²) in [5.74, 6) is 0.302. The molecule has 1 heterocycles. The van der Waals surface area contributed by atoms with Gasteiger partial charge in [-0.05, 0) is 33.2 Å². The first kappa shape index (κ1) is 19.4. The smallest absolute Gasteiger partial charge is 0.386 e. The molecule has 0 bridgehead atoms. The predicted octanol–water partition coefficient (Wildman–Crippen LogP) is 6.34. The molecule has 0 fully saturated rings. The van der Waals surface area contributed by atoms with E-state index in [0.29, 0.717) is 12.3 Å². The number of nitrogens with zero attached hydrogens (tertiary/aromatic N) is 2. The van der Waals surface area contributed by atoms with Gasteiger partial charge in [0, 0.05) is 11.0 Å². The molecule has 0 radical (unpaired) electrons. The van der Waals surface area contributed by atoms with E-state index in [0.717, 1.165) is 32.7 Å². The van der Waals surface area contributed by atoms with Crippen molar-refractivity contribution in [2.45, 2.75) is 6.42 Å². The third kappa shape index (κ3) is 4.17. The van der Waals surface area contributed by atoms with E-state index < -0.39 is 8.25 Å². The van der Waals surface area contributed by atoms with Crippen molar-refractivity contribution in [1.29, 1.82) is 0 Å². The molecule has 152 valence electrons. The highest BCUT2D eigenvalue weighted by molar-refractivity contribution is 7.33. The molecule has 0 saturated carbocycles. The van der Waals surface area contributed by atoms with E-state index in [4.69, 9.17) is 13.5 Å². The van der Waals surface area contributed by atoms with Crippen molar-refractivity contribution >= 4 is 29.8 Å². The van der Waals surface area contributed by atoms with Gasteiger partial charge in [-0.1, -0.05) is 84.0 Å². The molecule has 1 atom stereocenters. The van der Waals surface area contributed by atoms with E-state index in [1.165, 1.54) is 0 Å². The largest absolute Gasteiger partial charge is 0.755 e. The van der Waals surface area contributed by atoms with E-state index in [9.17, 15) is 4.57 Å². The van der Waals surface area contributed by atoms with Gasteiger partial charge < -0.3 is 4.42 Å². The highest BCUT2D eigenvalue weighted by Crippen LogP contribution is 2.37. The highest BCUT2D eigenvalue weighted by atomic mass is 31.1. The molecular weight excluding hydrogens is 411 g/mol. The number of hydrogen-bond donors (Lipinski definition) is 0. The lowest BCUT2D eigenvalue weighted by molar-refractivity contribution is 0.267. The zero-order valence-electron chi connectivity index (χ0n) is 16.5. The summed E-state index contributed by atoms with van der Waals surface area (Å²) >= 11 is 0. The van der Waals surface area contributed by atoms with Crippen molar-refractivity contribution in [2.24, 2.45) is 0 Å². The Morgan fingerprint density at radius 3 is 2.16 bits per heavy atom. The fraction of sp³-hybridized carbons (Fsp3) is 0.0833. The normalized spacial score (nSPS) is 11.7. The van der Waals surface area contributed by atoms with E-state index >= 15 is 0 Å². The van der Waals surface area contributed by atoms with Crippen LogP contribution >= 0.6 is 8.25 Å². The predicted molar refractivity (Wildman–Crippen MR) is 119 cm³/mol. The monoisotopic (exact) mass is 429 g/mol. The standard InChI is InChI=1S/C24H18N2O4P/c27-31(28-15-14-17-8-2-1-3-9-17)30-24-26-25-23(29-24)22-20-12-6-4-10-18(20)16-19-11-5-7-13-21(19)22/h1-13,16H,14-15H2/q+1. The van der Waals surface area contributed by atoms with E-state index in [2.05, 4.69) is 16.3 Å². The van der Waals surface area contributed by atoms with Crippen LogP contribution in [0.2, 0.25) is 0 Å². The molecule has 5 rings (SSSR count). The number of benzene rings is 4. The number of fused-ring (bicyclic) bond motifs is 2. The van der Waals surface area contributed by atoms with Crippen LogP contribution in [-0.2, 0) is 15.5 Å². The minimum Gasteiger partial charge on any atom is -0.386 e. The van der Waals surface area contributed by atoms with Crippen LogP contribution in [0.15, 0.2) is 89.3 Å². The van der Waals surface area contributed by atoms with Gasteiger partial charge >= 0.3 is 14.3 Å². The lowest BCUT2D eigenvalue weighted by Gasteiger charge is -2.08. The summed E-state index contributed by atoms with van der Waals surface area (Å²) in [6.45, 7) is 0.258. The van der Waals surface area contributed by atoms with Gasteiger partial charge in [-0.25, -0.2) is 0 Å². The van der Waals surface area contributed by atoms with Crippen LogP contribution in [0.3, 0.4) is 0 Å². The molecule has 6 nitrogen and oxygen atoms in total. The fourth-order valence-electron chi connectivity index (χ4n) is 3.56. The average Bonchev–Trinajstić information content (AvgIpc) is 3.26. The summed E-state index contributed by atoms with van der Waals surface area (Å²) in [6.07, 6.45) is 0.440. The summed E-state index contributed by atoms with van der Waals surface area (Å²) in [6, 6.07) is 27.9. The van der Waals surface area contributed by atoms with Crippen LogP contribution in [0.5, 0.6) is 6.08 Å². The third-order valence-corrected chi connectivity index (χ3v) is 5.67. The topological polar surface area (TPSA) is 74.5 Å². The average molecular weight is 429 g/mol. The van der Waals surface area contributed by atoms with Crippen LogP contribution in [0, 0.1) is 0 Å². The van der Waals surface area contributed by atoms with Gasteiger partial charge in [0.25, 0.3) is 5.89 Å². The first-order valence-electron chi connectivity index (χ1n) is 9.84. The van der Waals surface area contributed by atoms with Gasteiger partial charge in [0.1, 0.15) is 6.61 Å². The molecular formula is C24H18N2O4P+. The van der Waals surface area contributed by atoms with Gasteiger partial charge in [0.15, 0.2) is 0 Å². The molecule has 0 spiro atoms. The molecule has 0 N–H and O–H groups in total. The van der Waals surface area contributed by atoms with Crippen molar-refractivity contribution in [2.75, 3.05) is 6.61 Å². The van der Waals surface area contributed by atoms with Gasteiger partial charge in [-0.3, -0.25) is 0 Å². The summed E-state index contributed by atoms with van der Waals surface area (Å²) < 4.78 is 28.4. The molecule has 0 aliphatic rings. The second-order valence-electron chi connectivity index (χ2n) is 6.95. The molecule has 5 aromatic rings. The maximum atomic E-state index is 12.1. The summed E-state index contributed by atoms with van der Waals surface area (Å²) in [5.41, 5.74) is 1.91. The Hall–Kier alpha value is -3.60. The second kappa shape index (κ2) is 8.64. The molecule has 1 aromatic heterocycles. The Morgan fingerprint density at radius 2 is 1.45 bits per heavy atom. The van der Waals surface area contributed by atoms with Crippen molar-refractivity contribution in [3.05, 3.63) is 90.5 Å². The second-order valence-corrected chi connectivity index (χ2v) is 7.84. The number of rotatable bonds is 7. The van der Waals surface area contributed by atoms with Gasteiger partial charge in [-0.15, -0.1) is 9.62 Å². The Kier molecular flexibility index (Phi) is 5.40. The first-order chi connectivity index (χ1) is 15.3.